The SMILES string of the molecule is COc1cc2c(N3CCC(Oc4ccccc4F)CC3)nncc2c(OC)c1OC. The molecule has 1 aliphatic heterocycles. The summed E-state index contributed by atoms with van der Waals surface area (Å²) in [7, 11) is 4.74. The molecule has 158 valence electrons. The van der Waals surface area contributed by atoms with Crippen molar-refractivity contribution in [2.45, 2.75) is 18.9 Å². The van der Waals surface area contributed by atoms with Crippen LogP contribution in [0.3, 0.4) is 0 Å². The van der Waals surface area contributed by atoms with E-state index >= 15 is 0 Å². The highest BCUT2D eigenvalue weighted by atomic mass is 19.1. The first-order valence-electron chi connectivity index (χ1n) is 9.76. The molecule has 1 fully saturated rings. The first kappa shape index (κ1) is 20.0. The van der Waals surface area contributed by atoms with Crippen molar-refractivity contribution < 1.29 is 23.3 Å². The molecule has 30 heavy (non-hydrogen) atoms. The predicted molar refractivity (Wildman–Crippen MR) is 111 cm³/mol. The lowest BCUT2D eigenvalue weighted by molar-refractivity contribution is 0.163. The van der Waals surface area contributed by atoms with Gasteiger partial charge in [0.15, 0.2) is 28.9 Å². The van der Waals surface area contributed by atoms with E-state index in [9.17, 15) is 4.39 Å². The third kappa shape index (κ3) is 3.65. The number of halogens is 1. The number of piperidine rings is 1. The van der Waals surface area contributed by atoms with Crippen molar-refractivity contribution in [1.82, 2.24) is 10.2 Å². The van der Waals surface area contributed by atoms with E-state index < -0.39 is 0 Å². The second-order valence-corrected chi connectivity index (χ2v) is 7.01. The monoisotopic (exact) mass is 413 g/mol. The summed E-state index contributed by atoms with van der Waals surface area (Å²) in [4.78, 5) is 2.15. The topological polar surface area (TPSA) is 65.9 Å². The van der Waals surface area contributed by atoms with E-state index in [0.717, 1.165) is 29.4 Å². The van der Waals surface area contributed by atoms with E-state index in [1.165, 1.54) is 6.07 Å². The molecule has 0 spiro atoms. The molecular formula is C22H24FN3O4. The van der Waals surface area contributed by atoms with Gasteiger partial charge in [0.25, 0.3) is 0 Å². The zero-order valence-corrected chi connectivity index (χ0v) is 17.2. The van der Waals surface area contributed by atoms with Crippen molar-refractivity contribution >= 4 is 16.6 Å². The van der Waals surface area contributed by atoms with Crippen LogP contribution in [0, 0.1) is 5.82 Å². The zero-order chi connectivity index (χ0) is 21.1. The van der Waals surface area contributed by atoms with Crippen LogP contribution < -0.4 is 23.8 Å². The van der Waals surface area contributed by atoms with Crippen LogP contribution in [0.15, 0.2) is 36.5 Å². The van der Waals surface area contributed by atoms with Crippen molar-refractivity contribution in [3.8, 4) is 23.0 Å². The molecule has 0 aliphatic carbocycles. The molecule has 0 saturated carbocycles. The quantitative estimate of drug-likeness (QED) is 0.608. The second kappa shape index (κ2) is 8.61. The number of rotatable bonds is 6. The molecular weight excluding hydrogens is 389 g/mol. The summed E-state index contributed by atoms with van der Waals surface area (Å²) >= 11 is 0. The Labute approximate surface area is 174 Å². The minimum atomic E-state index is -0.340. The summed E-state index contributed by atoms with van der Waals surface area (Å²) in [5, 5.41) is 10.2. The standard InChI is InChI=1S/C22H24FN3O4/c1-27-19-12-15-16(20(28-2)21(19)29-3)13-24-25-22(15)26-10-8-14(9-11-26)30-18-7-5-4-6-17(18)23/h4-7,12-14H,8-11H2,1-3H3. The molecule has 1 aliphatic rings. The number of nitrogens with zero attached hydrogens (tertiary/aromatic N) is 3. The summed E-state index contributed by atoms with van der Waals surface area (Å²) in [5.41, 5.74) is 0. The Morgan fingerprint density at radius 3 is 2.33 bits per heavy atom. The Morgan fingerprint density at radius 2 is 1.67 bits per heavy atom. The van der Waals surface area contributed by atoms with Gasteiger partial charge in [-0.25, -0.2) is 4.39 Å². The highest BCUT2D eigenvalue weighted by Gasteiger charge is 2.26. The van der Waals surface area contributed by atoms with Gasteiger partial charge in [-0.3, -0.25) is 0 Å². The molecule has 8 heteroatoms. The summed E-state index contributed by atoms with van der Waals surface area (Å²) in [6.07, 6.45) is 3.10. The van der Waals surface area contributed by atoms with Gasteiger partial charge in [-0.2, -0.15) is 5.10 Å². The maximum Gasteiger partial charge on any atom is 0.204 e. The predicted octanol–water partition coefficient (Wildman–Crippen LogP) is 3.84. The van der Waals surface area contributed by atoms with Gasteiger partial charge in [-0.15, -0.1) is 5.10 Å². The van der Waals surface area contributed by atoms with Gasteiger partial charge >= 0.3 is 0 Å². The van der Waals surface area contributed by atoms with Crippen LogP contribution in [-0.4, -0.2) is 50.7 Å². The molecule has 2 heterocycles. The normalized spacial score (nSPS) is 14.6. The summed E-state index contributed by atoms with van der Waals surface area (Å²) in [5.74, 6) is 2.34. The fourth-order valence-electron chi connectivity index (χ4n) is 3.83. The summed E-state index contributed by atoms with van der Waals surface area (Å²) < 4.78 is 36.3. The van der Waals surface area contributed by atoms with Crippen LogP contribution in [0.25, 0.3) is 10.8 Å². The first-order valence-corrected chi connectivity index (χ1v) is 9.76. The molecule has 0 atom stereocenters. The highest BCUT2D eigenvalue weighted by Crippen LogP contribution is 2.45. The Hall–Kier alpha value is -3.29. The Bertz CT molecular complexity index is 1040. The molecule has 4 rings (SSSR count). The van der Waals surface area contributed by atoms with E-state index in [0.29, 0.717) is 36.1 Å². The third-order valence-electron chi connectivity index (χ3n) is 5.32. The number of aromatic nitrogens is 2. The number of hydrogen-bond donors (Lipinski definition) is 0. The van der Waals surface area contributed by atoms with E-state index in [4.69, 9.17) is 18.9 Å². The second-order valence-electron chi connectivity index (χ2n) is 7.01. The Balaban J connectivity index is 1.59. The van der Waals surface area contributed by atoms with Crippen molar-refractivity contribution in [1.29, 1.82) is 0 Å². The zero-order valence-electron chi connectivity index (χ0n) is 17.2. The number of ether oxygens (including phenoxy) is 4. The van der Waals surface area contributed by atoms with Crippen molar-refractivity contribution in [3.63, 3.8) is 0 Å². The molecule has 1 aromatic heterocycles. The molecule has 0 radical (unpaired) electrons. The molecule has 1 saturated heterocycles. The van der Waals surface area contributed by atoms with E-state index in [1.54, 1.807) is 45.7 Å². The molecule has 0 bridgehead atoms. The van der Waals surface area contributed by atoms with Gasteiger partial charge in [-0.05, 0) is 18.2 Å². The molecule has 0 amide bonds. The Morgan fingerprint density at radius 1 is 0.933 bits per heavy atom. The van der Waals surface area contributed by atoms with Crippen LogP contribution in [0.4, 0.5) is 10.2 Å². The lowest BCUT2D eigenvalue weighted by Gasteiger charge is -2.33. The van der Waals surface area contributed by atoms with Crippen LogP contribution in [0.1, 0.15) is 12.8 Å². The maximum atomic E-state index is 13.9. The summed E-state index contributed by atoms with van der Waals surface area (Å²) in [6.45, 7) is 1.42. The molecule has 7 nitrogen and oxygen atoms in total. The van der Waals surface area contributed by atoms with Crippen molar-refractivity contribution in [3.05, 3.63) is 42.3 Å². The van der Waals surface area contributed by atoms with Gasteiger partial charge < -0.3 is 23.8 Å². The molecule has 0 N–H and O–H groups in total. The number of para-hydroxylation sites is 1. The largest absolute Gasteiger partial charge is 0.493 e. The number of methoxy groups -OCH3 is 3. The Kier molecular flexibility index (Phi) is 5.74. The number of fused-ring (bicyclic) bond motifs is 1. The smallest absolute Gasteiger partial charge is 0.204 e. The van der Waals surface area contributed by atoms with Crippen molar-refractivity contribution in [2.75, 3.05) is 39.3 Å². The van der Waals surface area contributed by atoms with Crippen molar-refractivity contribution in [2.24, 2.45) is 0 Å². The minimum Gasteiger partial charge on any atom is -0.493 e. The van der Waals surface area contributed by atoms with Gasteiger partial charge in [0.05, 0.1) is 32.9 Å². The molecule has 0 unspecified atom stereocenters. The third-order valence-corrected chi connectivity index (χ3v) is 5.32. The minimum absolute atomic E-state index is 0.0507. The van der Waals surface area contributed by atoms with Gasteiger partial charge in [0, 0.05) is 31.3 Å². The number of benzene rings is 2. The maximum absolute atomic E-state index is 13.9. The fourth-order valence-corrected chi connectivity index (χ4v) is 3.83. The van der Waals surface area contributed by atoms with Gasteiger partial charge in [-0.1, -0.05) is 12.1 Å². The van der Waals surface area contributed by atoms with E-state index in [-0.39, 0.29) is 11.9 Å². The van der Waals surface area contributed by atoms with Crippen LogP contribution >= 0.6 is 0 Å². The van der Waals surface area contributed by atoms with Crippen LogP contribution in [0.5, 0.6) is 23.0 Å². The van der Waals surface area contributed by atoms with Gasteiger partial charge in [0.2, 0.25) is 5.75 Å². The highest BCUT2D eigenvalue weighted by molar-refractivity contribution is 5.99. The molecule has 3 aromatic rings. The van der Waals surface area contributed by atoms with Crippen LogP contribution in [0.2, 0.25) is 0 Å². The van der Waals surface area contributed by atoms with Crippen LogP contribution in [-0.2, 0) is 0 Å². The lowest BCUT2D eigenvalue weighted by Crippen LogP contribution is -2.39. The van der Waals surface area contributed by atoms with Gasteiger partial charge in [0.1, 0.15) is 6.10 Å². The average Bonchev–Trinajstić information content (AvgIpc) is 2.79. The van der Waals surface area contributed by atoms with E-state index in [2.05, 4.69) is 15.1 Å². The number of hydrogen-bond acceptors (Lipinski definition) is 7. The molecule has 2 aromatic carbocycles. The fraction of sp³-hybridized carbons (Fsp3) is 0.364. The number of anilines is 1. The van der Waals surface area contributed by atoms with E-state index in [1.807, 2.05) is 6.07 Å². The first-order chi connectivity index (χ1) is 14.7. The summed E-state index contributed by atoms with van der Waals surface area (Å²) in [6, 6.07) is 8.38. The average molecular weight is 413 g/mol. The lowest BCUT2D eigenvalue weighted by atomic mass is 10.1.